The lowest BCUT2D eigenvalue weighted by Gasteiger charge is -2.13. The molecule has 0 amide bonds. The van der Waals surface area contributed by atoms with Crippen LogP contribution in [0.15, 0.2) is 82.6 Å². The predicted molar refractivity (Wildman–Crippen MR) is 111 cm³/mol. The molecule has 0 radical (unpaired) electrons. The van der Waals surface area contributed by atoms with E-state index in [-0.39, 0.29) is 21.2 Å². The van der Waals surface area contributed by atoms with Gasteiger partial charge in [-0.05, 0) is 55.5 Å². The minimum absolute atomic E-state index is 0.00606. The van der Waals surface area contributed by atoms with Crippen LogP contribution in [0.4, 0.5) is 24.5 Å². The minimum Gasteiger partial charge on any atom is -0.280 e. The van der Waals surface area contributed by atoms with Crippen LogP contribution in [0.5, 0.6) is 0 Å². The van der Waals surface area contributed by atoms with E-state index >= 15 is 0 Å². The second-order valence-electron chi connectivity index (χ2n) is 6.63. The Balaban J connectivity index is 1.86. The first-order valence-corrected chi connectivity index (χ1v) is 11.7. The summed E-state index contributed by atoms with van der Waals surface area (Å²) in [5.41, 5.74) is -0.437. The molecule has 0 heterocycles. The highest BCUT2D eigenvalue weighted by Gasteiger charge is 2.30. The molecule has 0 saturated carbocycles. The number of rotatable bonds is 6. The van der Waals surface area contributed by atoms with Crippen LogP contribution < -0.4 is 9.44 Å². The van der Waals surface area contributed by atoms with Gasteiger partial charge in [0.15, 0.2) is 0 Å². The number of sulfonamides is 2. The third-order valence-electron chi connectivity index (χ3n) is 4.17. The number of halogens is 3. The summed E-state index contributed by atoms with van der Waals surface area (Å²) in [6.07, 6.45) is -4.63. The quantitative estimate of drug-likeness (QED) is 0.550. The van der Waals surface area contributed by atoms with Crippen molar-refractivity contribution in [3.8, 4) is 0 Å². The van der Waals surface area contributed by atoms with Gasteiger partial charge in [0, 0.05) is 5.69 Å². The Kier molecular flexibility index (Phi) is 6.01. The van der Waals surface area contributed by atoms with E-state index in [1.807, 2.05) is 0 Å². The van der Waals surface area contributed by atoms with E-state index in [2.05, 4.69) is 9.44 Å². The first-order valence-electron chi connectivity index (χ1n) is 8.76. The number of anilines is 2. The molecule has 0 saturated heterocycles. The van der Waals surface area contributed by atoms with Crippen molar-refractivity contribution in [2.75, 3.05) is 9.44 Å². The fourth-order valence-electron chi connectivity index (χ4n) is 2.63. The predicted octanol–water partition coefficient (Wildman–Crippen LogP) is 4.62. The molecule has 31 heavy (non-hydrogen) atoms. The third kappa shape index (κ3) is 5.56. The Bertz CT molecular complexity index is 1300. The van der Waals surface area contributed by atoms with Gasteiger partial charge in [-0.3, -0.25) is 9.44 Å². The van der Waals surface area contributed by atoms with Crippen molar-refractivity contribution in [2.45, 2.75) is 22.9 Å². The van der Waals surface area contributed by atoms with Crippen molar-refractivity contribution in [1.29, 1.82) is 0 Å². The Labute approximate surface area is 177 Å². The molecule has 2 N–H and O–H groups in total. The van der Waals surface area contributed by atoms with Crippen LogP contribution >= 0.6 is 0 Å². The maximum absolute atomic E-state index is 12.9. The van der Waals surface area contributed by atoms with E-state index < -0.39 is 31.8 Å². The van der Waals surface area contributed by atoms with Gasteiger partial charge < -0.3 is 0 Å². The molecule has 3 rings (SSSR count). The Morgan fingerprint density at radius 2 is 1.19 bits per heavy atom. The zero-order chi connectivity index (χ0) is 22.9. The van der Waals surface area contributed by atoms with Crippen LogP contribution in [0.25, 0.3) is 0 Å². The molecule has 0 aromatic heterocycles. The van der Waals surface area contributed by atoms with E-state index in [0.717, 1.165) is 23.8 Å². The van der Waals surface area contributed by atoms with Crippen LogP contribution in [-0.4, -0.2) is 16.8 Å². The van der Waals surface area contributed by atoms with Crippen molar-refractivity contribution in [2.24, 2.45) is 0 Å². The fraction of sp³-hybridized carbons (Fsp3) is 0.100. The smallest absolute Gasteiger partial charge is 0.280 e. The van der Waals surface area contributed by atoms with Crippen LogP contribution in [-0.2, 0) is 26.2 Å². The van der Waals surface area contributed by atoms with Crippen molar-refractivity contribution in [1.82, 2.24) is 0 Å². The molecular weight excluding hydrogens is 453 g/mol. The van der Waals surface area contributed by atoms with Gasteiger partial charge in [0.05, 0.1) is 21.0 Å². The number of aryl methyl sites for hydroxylation is 1. The number of alkyl halides is 3. The van der Waals surface area contributed by atoms with Crippen LogP contribution in [0.2, 0.25) is 0 Å². The molecule has 164 valence electrons. The van der Waals surface area contributed by atoms with Gasteiger partial charge in [-0.2, -0.15) is 13.2 Å². The molecule has 0 aliphatic rings. The molecule has 3 aromatic rings. The van der Waals surface area contributed by atoms with Gasteiger partial charge in [-0.1, -0.05) is 29.8 Å². The van der Waals surface area contributed by atoms with E-state index in [0.29, 0.717) is 6.07 Å². The molecule has 0 atom stereocenters. The van der Waals surface area contributed by atoms with Crippen molar-refractivity contribution in [3.63, 3.8) is 0 Å². The monoisotopic (exact) mass is 470 g/mol. The summed E-state index contributed by atoms with van der Waals surface area (Å²) >= 11 is 0. The minimum atomic E-state index is -4.63. The van der Waals surface area contributed by atoms with Gasteiger partial charge in [-0.25, -0.2) is 16.8 Å². The molecule has 0 spiro atoms. The topological polar surface area (TPSA) is 92.3 Å². The molecular formula is C20H17F3N2O4S2. The SMILES string of the molecule is Cc1ccc(S(=O)(=O)Nc2cccc(S(=O)(=O)Nc3cccc(C(F)(F)F)c3)c2)cc1. The lowest BCUT2D eigenvalue weighted by molar-refractivity contribution is -0.137. The second kappa shape index (κ2) is 8.23. The summed E-state index contributed by atoms with van der Waals surface area (Å²) in [7, 11) is -8.24. The summed E-state index contributed by atoms with van der Waals surface area (Å²) in [5.74, 6) is 0. The van der Waals surface area contributed by atoms with Crippen LogP contribution in [0.1, 0.15) is 11.1 Å². The highest BCUT2D eigenvalue weighted by Crippen LogP contribution is 2.31. The number of benzene rings is 3. The van der Waals surface area contributed by atoms with Gasteiger partial charge in [0.25, 0.3) is 20.0 Å². The number of hydrogen-bond acceptors (Lipinski definition) is 4. The highest BCUT2D eigenvalue weighted by molar-refractivity contribution is 7.93. The van der Waals surface area contributed by atoms with Crippen LogP contribution in [0.3, 0.4) is 0 Å². The van der Waals surface area contributed by atoms with Crippen molar-refractivity contribution >= 4 is 31.4 Å². The molecule has 0 aliphatic carbocycles. The summed E-state index contributed by atoms with van der Waals surface area (Å²) in [4.78, 5) is -0.331. The number of hydrogen-bond donors (Lipinski definition) is 2. The standard InChI is InChI=1S/C20H17F3N2O4S2/c1-14-8-10-18(11-9-14)30(26,27)25-17-6-3-7-19(13-17)31(28,29)24-16-5-2-4-15(12-16)20(21,22)23/h2-13,24-25H,1H3. The van der Waals surface area contributed by atoms with Crippen molar-refractivity contribution in [3.05, 3.63) is 83.9 Å². The normalized spacial score (nSPS) is 12.4. The third-order valence-corrected chi connectivity index (χ3v) is 6.95. The summed E-state index contributed by atoms with van der Waals surface area (Å²) in [6.45, 7) is 1.80. The zero-order valence-corrected chi connectivity index (χ0v) is 17.6. The molecule has 0 unspecified atom stereocenters. The fourth-order valence-corrected chi connectivity index (χ4v) is 4.78. The van der Waals surface area contributed by atoms with E-state index in [9.17, 15) is 30.0 Å². The first kappa shape index (κ1) is 22.6. The summed E-state index contributed by atoms with van der Waals surface area (Å²) < 4.78 is 93.2. The van der Waals surface area contributed by atoms with E-state index in [4.69, 9.17) is 0 Å². The molecule has 0 bridgehead atoms. The largest absolute Gasteiger partial charge is 0.416 e. The zero-order valence-electron chi connectivity index (χ0n) is 16.0. The van der Waals surface area contributed by atoms with Crippen LogP contribution in [0, 0.1) is 6.92 Å². The van der Waals surface area contributed by atoms with E-state index in [1.165, 1.54) is 36.4 Å². The van der Waals surface area contributed by atoms with Gasteiger partial charge in [0.2, 0.25) is 0 Å². The van der Waals surface area contributed by atoms with E-state index in [1.54, 1.807) is 19.1 Å². The molecule has 3 aromatic carbocycles. The Morgan fingerprint density at radius 3 is 1.77 bits per heavy atom. The van der Waals surface area contributed by atoms with Gasteiger partial charge in [-0.15, -0.1) is 0 Å². The summed E-state index contributed by atoms with van der Waals surface area (Å²) in [5, 5.41) is 0. The lowest BCUT2D eigenvalue weighted by Crippen LogP contribution is -2.16. The maximum Gasteiger partial charge on any atom is 0.416 e. The average Bonchev–Trinajstić information content (AvgIpc) is 2.67. The maximum atomic E-state index is 12.9. The molecule has 6 nitrogen and oxygen atoms in total. The molecule has 0 fully saturated rings. The second-order valence-corrected chi connectivity index (χ2v) is 10.00. The average molecular weight is 470 g/mol. The highest BCUT2D eigenvalue weighted by atomic mass is 32.2. The van der Waals surface area contributed by atoms with Gasteiger partial charge >= 0.3 is 6.18 Å². The van der Waals surface area contributed by atoms with Crippen molar-refractivity contribution < 1.29 is 30.0 Å². The Morgan fingerprint density at radius 1 is 0.677 bits per heavy atom. The molecule has 11 heteroatoms. The lowest BCUT2D eigenvalue weighted by atomic mass is 10.2. The first-order chi connectivity index (χ1) is 14.4. The molecule has 0 aliphatic heterocycles. The number of nitrogens with one attached hydrogen (secondary N) is 2. The summed E-state index contributed by atoms with van der Waals surface area (Å²) in [6, 6.07) is 14.7. The Hall–Kier alpha value is -3.05. The van der Waals surface area contributed by atoms with Gasteiger partial charge in [0.1, 0.15) is 0 Å².